The van der Waals surface area contributed by atoms with Crippen LogP contribution in [0.15, 0.2) is 76.0 Å². The molecule has 0 bridgehead atoms. The Bertz CT molecular complexity index is 1440. The Morgan fingerprint density at radius 2 is 1.76 bits per heavy atom. The summed E-state index contributed by atoms with van der Waals surface area (Å²) in [5, 5.41) is 0.526. The molecule has 0 radical (unpaired) electrons. The number of hydrogen-bond donors (Lipinski definition) is 1. The van der Waals surface area contributed by atoms with E-state index < -0.39 is 0 Å². The predicted octanol–water partition coefficient (Wildman–Crippen LogP) is 5.77. The zero-order valence-electron chi connectivity index (χ0n) is 18.3. The van der Waals surface area contributed by atoms with Crippen LogP contribution in [0, 0.1) is 0 Å². The molecule has 1 aromatic heterocycles. The van der Waals surface area contributed by atoms with Gasteiger partial charge in [0.25, 0.3) is 5.56 Å². The number of amides is 1. The Morgan fingerprint density at radius 3 is 2.50 bits per heavy atom. The Kier molecular flexibility index (Phi) is 5.21. The van der Waals surface area contributed by atoms with Crippen molar-refractivity contribution in [1.29, 1.82) is 0 Å². The van der Waals surface area contributed by atoms with E-state index in [0.717, 1.165) is 17.3 Å². The van der Waals surface area contributed by atoms with Gasteiger partial charge in [-0.1, -0.05) is 64.5 Å². The van der Waals surface area contributed by atoms with Gasteiger partial charge in [-0.05, 0) is 53.3 Å². The van der Waals surface area contributed by atoms with Crippen LogP contribution in [0.3, 0.4) is 0 Å². The molecule has 1 aliphatic carbocycles. The van der Waals surface area contributed by atoms with Crippen molar-refractivity contribution < 1.29 is 9.53 Å². The third kappa shape index (κ3) is 3.51. The number of likely N-dealkylation sites (tertiary alicyclic amines) is 1. The van der Waals surface area contributed by atoms with Crippen molar-refractivity contribution in [2.45, 2.75) is 24.8 Å². The summed E-state index contributed by atoms with van der Waals surface area (Å²) in [6, 6.07) is 21.6. The number of nitrogens with one attached hydrogen (secondary N) is 1. The summed E-state index contributed by atoms with van der Waals surface area (Å²) in [5.41, 5.74) is 5.16. The van der Waals surface area contributed by atoms with Gasteiger partial charge in [-0.15, -0.1) is 0 Å². The third-order valence-electron chi connectivity index (χ3n) is 6.83. The first kappa shape index (κ1) is 21.1. The second-order valence-corrected chi connectivity index (χ2v) is 9.68. The molecule has 7 heteroatoms. The molecule has 1 fully saturated rings. The number of benzene rings is 3. The third-order valence-corrected chi connectivity index (χ3v) is 7.32. The van der Waals surface area contributed by atoms with E-state index >= 15 is 0 Å². The number of carbonyl (C=O) groups excluding carboxylic acids is 1. The average molecular weight is 516 g/mol. The second-order valence-electron chi connectivity index (χ2n) is 8.77. The lowest BCUT2D eigenvalue weighted by Crippen LogP contribution is -2.33. The molecule has 170 valence electrons. The SMILES string of the molecule is O=C(OCC1c2ccccc2-c2ccccc21)N1CCC[C@H]1c1nc2cc(Br)ccc2c(=O)[nH]1. The van der Waals surface area contributed by atoms with Gasteiger partial charge < -0.3 is 9.72 Å². The Labute approximate surface area is 204 Å². The molecule has 3 aromatic carbocycles. The maximum Gasteiger partial charge on any atom is 0.410 e. The van der Waals surface area contributed by atoms with Gasteiger partial charge in [-0.3, -0.25) is 9.69 Å². The van der Waals surface area contributed by atoms with Gasteiger partial charge in [0.15, 0.2) is 0 Å². The quantitative estimate of drug-likeness (QED) is 0.375. The van der Waals surface area contributed by atoms with Crippen LogP contribution in [0.2, 0.25) is 0 Å². The number of hydrogen-bond acceptors (Lipinski definition) is 4. The minimum absolute atomic E-state index is 0.00774. The van der Waals surface area contributed by atoms with E-state index in [9.17, 15) is 9.59 Å². The second kappa shape index (κ2) is 8.40. The number of nitrogens with zero attached hydrogens (tertiary/aromatic N) is 2. The van der Waals surface area contributed by atoms with Crippen LogP contribution in [0.1, 0.15) is 41.8 Å². The van der Waals surface area contributed by atoms with Crippen LogP contribution < -0.4 is 5.56 Å². The molecule has 0 unspecified atom stereocenters. The van der Waals surface area contributed by atoms with E-state index in [-0.39, 0.29) is 30.2 Å². The fourth-order valence-electron chi connectivity index (χ4n) is 5.23. The minimum Gasteiger partial charge on any atom is -0.448 e. The van der Waals surface area contributed by atoms with Crippen molar-refractivity contribution >= 4 is 32.9 Å². The van der Waals surface area contributed by atoms with Gasteiger partial charge in [0, 0.05) is 16.9 Å². The summed E-state index contributed by atoms with van der Waals surface area (Å²) in [6.07, 6.45) is 1.18. The Balaban J connectivity index is 1.24. The van der Waals surface area contributed by atoms with Crippen LogP contribution in [-0.4, -0.2) is 34.1 Å². The lowest BCUT2D eigenvalue weighted by Gasteiger charge is -2.24. The molecular weight excluding hydrogens is 494 g/mol. The molecule has 34 heavy (non-hydrogen) atoms. The topological polar surface area (TPSA) is 75.3 Å². The van der Waals surface area contributed by atoms with Gasteiger partial charge in [0.1, 0.15) is 12.4 Å². The number of H-pyrrole nitrogens is 1. The molecule has 1 aliphatic heterocycles. The molecule has 0 saturated carbocycles. The van der Waals surface area contributed by atoms with E-state index in [4.69, 9.17) is 4.74 Å². The highest BCUT2D eigenvalue weighted by Gasteiger charge is 2.35. The maximum atomic E-state index is 13.2. The number of ether oxygens (including phenoxy) is 1. The van der Waals surface area contributed by atoms with E-state index in [2.05, 4.69) is 50.2 Å². The molecule has 2 aliphatic rings. The molecule has 1 N–H and O–H groups in total. The predicted molar refractivity (Wildman–Crippen MR) is 134 cm³/mol. The number of fused-ring (bicyclic) bond motifs is 4. The summed E-state index contributed by atoms with van der Waals surface area (Å²) in [7, 11) is 0. The average Bonchev–Trinajstić information content (AvgIpc) is 3.46. The highest BCUT2D eigenvalue weighted by Crippen LogP contribution is 2.44. The van der Waals surface area contributed by atoms with Crippen molar-refractivity contribution in [2.24, 2.45) is 0 Å². The smallest absolute Gasteiger partial charge is 0.410 e. The first-order valence-corrected chi connectivity index (χ1v) is 12.2. The zero-order valence-corrected chi connectivity index (χ0v) is 19.9. The molecule has 6 nitrogen and oxygen atoms in total. The van der Waals surface area contributed by atoms with Crippen molar-refractivity contribution in [3.05, 3.63) is 98.5 Å². The normalized spacial score (nSPS) is 17.1. The van der Waals surface area contributed by atoms with Crippen LogP contribution >= 0.6 is 15.9 Å². The Hall–Kier alpha value is -3.45. The maximum absolute atomic E-state index is 13.2. The van der Waals surface area contributed by atoms with Crippen LogP contribution in [0.4, 0.5) is 4.79 Å². The van der Waals surface area contributed by atoms with Crippen LogP contribution in [0.25, 0.3) is 22.0 Å². The summed E-state index contributed by atoms with van der Waals surface area (Å²) in [4.78, 5) is 35.1. The summed E-state index contributed by atoms with van der Waals surface area (Å²) in [5.74, 6) is 0.509. The fourth-order valence-corrected chi connectivity index (χ4v) is 5.58. The molecule has 1 amide bonds. The lowest BCUT2D eigenvalue weighted by molar-refractivity contribution is 0.0943. The number of rotatable bonds is 3. The fraction of sp³-hybridized carbons (Fsp3) is 0.222. The molecular formula is C27H22BrN3O3. The molecule has 6 rings (SSSR count). The van der Waals surface area contributed by atoms with Gasteiger partial charge >= 0.3 is 6.09 Å². The van der Waals surface area contributed by atoms with Crippen molar-refractivity contribution in [2.75, 3.05) is 13.2 Å². The zero-order chi connectivity index (χ0) is 23.2. The van der Waals surface area contributed by atoms with Crippen molar-refractivity contribution in [3.8, 4) is 11.1 Å². The highest BCUT2D eigenvalue weighted by molar-refractivity contribution is 9.10. The van der Waals surface area contributed by atoms with E-state index in [0.29, 0.717) is 23.3 Å². The summed E-state index contributed by atoms with van der Waals surface area (Å²) in [6.45, 7) is 0.840. The van der Waals surface area contributed by atoms with Crippen molar-refractivity contribution in [3.63, 3.8) is 0 Å². The molecule has 1 atom stereocenters. The van der Waals surface area contributed by atoms with Gasteiger partial charge in [0.2, 0.25) is 0 Å². The lowest BCUT2D eigenvalue weighted by atomic mass is 9.98. The summed E-state index contributed by atoms with van der Waals surface area (Å²) >= 11 is 3.44. The molecule has 1 saturated heterocycles. The van der Waals surface area contributed by atoms with E-state index in [1.807, 2.05) is 36.4 Å². The van der Waals surface area contributed by atoms with Crippen molar-refractivity contribution in [1.82, 2.24) is 14.9 Å². The minimum atomic E-state index is -0.374. The molecule has 0 spiro atoms. The standard InChI is InChI=1S/C27H22BrN3O3/c28-16-11-12-21-23(14-16)29-25(30-26(21)32)24-10-5-13-31(24)27(33)34-15-22-19-8-3-1-6-17(19)18-7-2-4-9-20(18)22/h1-4,6-9,11-12,14,22,24H,5,10,13,15H2,(H,29,30,32)/t24-/m0/s1. The number of halogens is 1. The molecule has 2 heterocycles. The first-order chi connectivity index (χ1) is 16.6. The van der Waals surface area contributed by atoms with Gasteiger partial charge in [-0.25, -0.2) is 9.78 Å². The van der Waals surface area contributed by atoms with Gasteiger partial charge in [0.05, 0.1) is 16.9 Å². The van der Waals surface area contributed by atoms with Crippen LogP contribution in [0.5, 0.6) is 0 Å². The highest BCUT2D eigenvalue weighted by atomic mass is 79.9. The summed E-state index contributed by atoms with van der Waals surface area (Å²) < 4.78 is 6.72. The van der Waals surface area contributed by atoms with Crippen LogP contribution in [-0.2, 0) is 4.74 Å². The number of carbonyl (C=O) groups is 1. The number of aromatic nitrogens is 2. The largest absolute Gasteiger partial charge is 0.448 e. The van der Waals surface area contributed by atoms with E-state index in [1.54, 1.807) is 11.0 Å². The van der Waals surface area contributed by atoms with Gasteiger partial charge in [-0.2, -0.15) is 0 Å². The molecule has 4 aromatic rings. The monoisotopic (exact) mass is 515 g/mol. The van der Waals surface area contributed by atoms with E-state index in [1.165, 1.54) is 22.3 Å². The number of aromatic amines is 1. The Morgan fingerprint density at radius 1 is 1.06 bits per heavy atom. The first-order valence-electron chi connectivity index (χ1n) is 11.4.